The number of thiophene rings is 4. The predicted octanol–water partition coefficient (Wildman–Crippen LogP) is 22.4. The zero-order valence-electron chi connectivity index (χ0n) is 54.1. The Labute approximate surface area is 573 Å². The van der Waals surface area contributed by atoms with Gasteiger partial charge in [-0.2, -0.15) is 9.98 Å². The lowest BCUT2D eigenvalue weighted by Gasteiger charge is -2.12. The van der Waals surface area contributed by atoms with Gasteiger partial charge in [0, 0.05) is 116 Å². The SMILES string of the molecule is CCCCCCCCSC1=NC(=O)/C(=C/c2ccc(-c3ccc(-c4ccc(-c5cc6c(-c7ccc(C)s7)c7sc(-c8ccc(-c9ccc(-c%10ccc(/C=C%11\SC(SCCCCCCCC)=NC%11=O)n%10C)n9C)n8C)cc7c(-c7ccc(C)s7)c6s5)n4C)n3C)n2C)S1. The summed E-state index contributed by atoms with van der Waals surface area (Å²) in [6.45, 7) is 8.93. The maximum atomic E-state index is 13.1. The molecule has 13 rings (SSSR count). The number of aromatic nitrogens is 6. The van der Waals surface area contributed by atoms with Crippen LogP contribution in [0.4, 0.5) is 0 Å². The van der Waals surface area contributed by atoms with E-state index in [0.717, 1.165) is 90.0 Å². The third-order valence-corrected chi connectivity index (χ3v) is 26.8. The topological polar surface area (TPSA) is 88.4 Å². The quantitative estimate of drug-likeness (QED) is 0.0442. The summed E-state index contributed by atoms with van der Waals surface area (Å²) in [5.41, 5.74) is 15.8. The fourth-order valence-corrected chi connectivity index (χ4v) is 21.5. The number of rotatable bonds is 24. The first-order valence-electron chi connectivity index (χ1n) is 32.1. The number of aryl methyl sites for hydroxylation is 2. The molecule has 11 aromatic rings. The van der Waals surface area contributed by atoms with Gasteiger partial charge in [-0.15, -0.1) is 45.3 Å². The Morgan fingerprint density at radius 2 is 0.707 bits per heavy atom. The lowest BCUT2D eigenvalue weighted by Crippen LogP contribution is -2.02. The molecule has 474 valence electrons. The Morgan fingerprint density at radius 1 is 0.380 bits per heavy atom. The fraction of sp³-hybridized carbons (Fsp3) is 0.324. The van der Waals surface area contributed by atoms with E-state index in [1.54, 1.807) is 23.5 Å². The van der Waals surface area contributed by atoms with Gasteiger partial charge in [0.15, 0.2) is 0 Å². The van der Waals surface area contributed by atoms with Gasteiger partial charge in [0.05, 0.1) is 76.5 Å². The molecular formula is C74H78N8O2S8. The molecule has 0 aliphatic carbocycles. The Balaban J connectivity index is 0.778. The normalized spacial score (nSPS) is 14.6. The second kappa shape index (κ2) is 28.0. The van der Waals surface area contributed by atoms with Gasteiger partial charge in [-0.05, 0) is 148 Å². The van der Waals surface area contributed by atoms with E-state index in [0.29, 0.717) is 9.81 Å². The number of hydrogen-bond acceptors (Lipinski definition) is 10. The molecule has 0 spiro atoms. The van der Waals surface area contributed by atoms with Crippen LogP contribution < -0.4 is 0 Å². The number of carbonyl (C=O) groups excluding carboxylic acids is 2. The van der Waals surface area contributed by atoms with Gasteiger partial charge in [-0.25, -0.2) is 0 Å². The Kier molecular flexibility index (Phi) is 19.6. The van der Waals surface area contributed by atoms with Crippen molar-refractivity contribution in [2.75, 3.05) is 11.5 Å². The van der Waals surface area contributed by atoms with Crippen molar-refractivity contribution < 1.29 is 9.59 Å². The van der Waals surface area contributed by atoms with Crippen LogP contribution >= 0.6 is 92.4 Å². The minimum Gasteiger partial charge on any atom is -0.343 e. The van der Waals surface area contributed by atoms with E-state index in [-0.39, 0.29) is 11.8 Å². The Morgan fingerprint density at radius 3 is 1.07 bits per heavy atom. The number of carbonyl (C=O) groups is 2. The highest BCUT2D eigenvalue weighted by Crippen LogP contribution is 2.55. The van der Waals surface area contributed by atoms with E-state index >= 15 is 0 Å². The monoisotopic (exact) mass is 1370 g/mol. The first-order valence-corrected chi connectivity index (χ1v) is 39.0. The minimum absolute atomic E-state index is 0.144. The molecule has 0 atom stereocenters. The molecule has 0 radical (unpaired) electrons. The number of nitrogens with zero attached hydrogens (tertiary/aromatic N) is 8. The summed E-state index contributed by atoms with van der Waals surface area (Å²) in [5.74, 6) is 1.71. The first-order chi connectivity index (χ1) is 44.7. The second-order valence-electron chi connectivity index (χ2n) is 24.2. The van der Waals surface area contributed by atoms with Crippen molar-refractivity contribution in [1.82, 2.24) is 27.4 Å². The van der Waals surface area contributed by atoms with Crippen molar-refractivity contribution in [2.24, 2.45) is 52.3 Å². The van der Waals surface area contributed by atoms with E-state index < -0.39 is 0 Å². The van der Waals surface area contributed by atoms with Crippen LogP contribution in [0.1, 0.15) is 112 Å². The van der Waals surface area contributed by atoms with E-state index in [4.69, 9.17) is 0 Å². The zero-order chi connectivity index (χ0) is 63.9. The molecule has 2 aliphatic heterocycles. The van der Waals surface area contributed by atoms with Crippen molar-refractivity contribution >= 4 is 145 Å². The van der Waals surface area contributed by atoms with Crippen molar-refractivity contribution in [1.29, 1.82) is 0 Å². The average Bonchev–Trinajstić information content (AvgIpc) is 1.55. The van der Waals surface area contributed by atoms with E-state index in [1.807, 2.05) is 57.5 Å². The van der Waals surface area contributed by atoms with Gasteiger partial charge in [-0.1, -0.05) is 125 Å². The summed E-state index contributed by atoms with van der Waals surface area (Å²) < 4.78 is 18.0. The van der Waals surface area contributed by atoms with Gasteiger partial charge >= 0.3 is 0 Å². The number of thioether (sulfide) groups is 4. The molecule has 1 aromatic carbocycles. The molecular weight excluding hydrogens is 1290 g/mol. The number of benzene rings is 1. The van der Waals surface area contributed by atoms with Crippen molar-refractivity contribution in [3.05, 3.63) is 140 Å². The van der Waals surface area contributed by atoms with Gasteiger partial charge < -0.3 is 27.4 Å². The lowest BCUT2D eigenvalue weighted by atomic mass is 9.99. The van der Waals surface area contributed by atoms with Gasteiger partial charge in [0.1, 0.15) is 8.75 Å². The van der Waals surface area contributed by atoms with Crippen molar-refractivity contribution in [3.8, 4) is 87.6 Å². The van der Waals surface area contributed by atoms with Gasteiger partial charge in [-0.3, -0.25) is 9.59 Å². The highest BCUT2D eigenvalue weighted by atomic mass is 32.2. The molecule has 12 heterocycles. The zero-order valence-corrected chi connectivity index (χ0v) is 60.6. The van der Waals surface area contributed by atoms with Crippen molar-refractivity contribution in [2.45, 2.75) is 105 Å². The Bertz CT molecular complexity index is 4380. The number of amides is 2. The molecule has 2 aliphatic rings. The minimum atomic E-state index is -0.144. The number of aliphatic imine (C=N–C) groups is 2. The van der Waals surface area contributed by atoms with E-state index in [1.165, 1.54) is 160 Å². The molecule has 2 amide bonds. The fourth-order valence-electron chi connectivity index (χ4n) is 12.8. The van der Waals surface area contributed by atoms with E-state index in [2.05, 4.69) is 217 Å². The number of hydrogen-bond donors (Lipinski definition) is 0. The molecule has 0 N–H and O–H groups in total. The predicted molar refractivity (Wildman–Crippen MR) is 407 cm³/mol. The second-order valence-corrected chi connectivity index (χ2v) is 33.6. The summed E-state index contributed by atoms with van der Waals surface area (Å²) >= 11 is 14.0. The van der Waals surface area contributed by atoms with E-state index in [9.17, 15) is 9.59 Å². The van der Waals surface area contributed by atoms with Gasteiger partial charge in [0.2, 0.25) is 0 Å². The molecule has 0 bridgehead atoms. The maximum absolute atomic E-state index is 13.1. The number of unbranched alkanes of at least 4 members (excludes halogenated alkanes) is 10. The standard InChI is InChI=1S/C74H78N8O2S8/c1-11-13-15-17-19-21-39-85-73-75-71(83)65(91-73)41-47-25-27-51(77(47)5)53-29-31-55(79(53)7)57-33-35-59(81(57)9)63-43-49-67(61-37-23-45(3)87-61)70-50(68(69(49)89-63)62-38-24-46(4)88-62)44-64(90-70)60-36-34-58(82(60)10)56-32-30-54(80(56)8)52-28-26-48(78(52)6)42-66-72(84)76-74(92-66)86-40-22-20-18-16-14-12-2/h23-38,41-44H,11-22,39-40H2,1-10H3/b65-41-,66-42-. The van der Waals surface area contributed by atoms with Crippen LogP contribution in [0.25, 0.3) is 120 Å². The number of fused-ring (bicyclic) bond motifs is 2. The average molecular weight is 1370 g/mol. The highest BCUT2D eigenvalue weighted by molar-refractivity contribution is 8.41. The van der Waals surface area contributed by atoms with Crippen LogP contribution in [0.15, 0.2) is 129 Å². The largest absolute Gasteiger partial charge is 0.343 e. The molecule has 18 heteroatoms. The third kappa shape index (κ3) is 12.8. The molecule has 92 heavy (non-hydrogen) atoms. The molecule has 0 unspecified atom stereocenters. The third-order valence-electron chi connectivity index (χ3n) is 18.0. The van der Waals surface area contributed by atoms with Crippen LogP contribution in [0, 0.1) is 13.8 Å². The van der Waals surface area contributed by atoms with Gasteiger partial charge in [0.25, 0.3) is 11.8 Å². The maximum Gasteiger partial charge on any atom is 0.285 e. The first kappa shape index (κ1) is 64.5. The molecule has 0 saturated carbocycles. The molecule has 10 nitrogen and oxygen atoms in total. The lowest BCUT2D eigenvalue weighted by molar-refractivity contribution is -0.114. The highest BCUT2D eigenvalue weighted by Gasteiger charge is 2.29. The summed E-state index contributed by atoms with van der Waals surface area (Å²) in [4.78, 5) is 44.0. The summed E-state index contributed by atoms with van der Waals surface area (Å²) in [5, 5.41) is 2.57. The van der Waals surface area contributed by atoms with Crippen LogP contribution in [0.5, 0.6) is 0 Å². The van der Waals surface area contributed by atoms with Crippen molar-refractivity contribution in [3.63, 3.8) is 0 Å². The molecule has 0 fully saturated rings. The summed E-state index contributed by atoms with van der Waals surface area (Å²) in [7, 11) is 12.9. The Hall–Kier alpha value is -6.22. The summed E-state index contributed by atoms with van der Waals surface area (Å²) in [6.07, 6.45) is 19.1. The molecule has 0 saturated heterocycles. The van der Waals surface area contributed by atoms with Crippen LogP contribution in [-0.2, 0) is 51.9 Å². The van der Waals surface area contributed by atoms with Crippen LogP contribution in [0.3, 0.4) is 0 Å². The molecule has 10 aromatic heterocycles. The smallest absolute Gasteiger partial charge is 0.285 e. The van der Waals surface area contributed by atoms with Crippen LogP contribution in [-0.4, -0.2) is 59.5 Å². The summed E-state index contributed by atoms with van der Waals surface area (Å²) in [6, 6.07) is 40.7. The van der Waals surface area contributed by atoms with Crippen LogP contribution in [0.2, 0.25) is 0 Å².